The van der Waals surface area contributed by atoms with Crippen LogP contribution < -0.4 is 0 Å². The molecule has 2 bridgehead atoms. The van der Waals surface area contributed by atoms with E-state index in [2.05, 4.69) is 22.8 Å². The lowest BCUT2D eigenvalue weighted by atomic mass is 9.99. The van der Waals surface area contributed by atoms with Gasteiger partial charge in [0.1, 0.15) is 0 Å². The highest BCUT2D eigenvalue weighted by Crippen LogP contribution is 2.31. The number of piperazine rings is 1. The Bertz CT molecular complexity index is 397. The average molecular weight is 276 g/mol. The molecule has 0 radical (unpaired) electrons. The van der Waals surface area contributed by atoms with E-state index in [0.29, 0.717) is 12.1 Å². The largest absolute Gasteiger partial charge is 0.325 e. The van der Waals surface area contributed by atoms with Crippen molar-refractivity contribution >= 4 is 6.03 Å². The molecule has 110 valence electrons. The smallest absolute Gasteiger partial charge is 0.320 e. The van der Waals surface area contributed by atoms with Crippen molar-refractivity contribution in [3.05, 3.63) is 0 Å². The summed E-state index contributed by atoms with van der Waals surface area (Å²) in [4.78, 5) is 19.3. The van der Waals surface area contributed by atoms with Crippen LogP contribution >= 0.6 is 0 Å². The van der Waals surface area contributed by atoms with E-state index >= 15 is 0 Å². The summed E-state index contributed by atoms with van der Waals surface area (Å²) in [5.41, 5.74) is 0. The molecule has 2 amide bonds. The molecule has 0 N–H and O–H groups in total. The summed E-state index contributed by atoms with van der Waals surface area (Å²) < 4.78 is 0. The van der Waals surface area contributed by atoms with Gasteiger partial charge in [0.15, 0.2) is 0 Å². The van der Waals surface area contributed by atoms with Crippen LogP contribution in [0, 0.1) is 17.2 Å². The topological polar surface area (TPSA) is 50.6 Å². The van der Waals surface area contributed by atoms with Crippen molar-refractivity contribution in [2.45, 2.75) is 44.7 Å². The first-order valence-corrected chi connectivity index (χ1v) is 7.92. The van der Waals surface area contributed by atoms with Crippen LogP contribution in [0.3, 0.4) is 0 Å². The highest BCUT2D eigenvalue weighted by Gasteiger charge is 2.43. The quantitative estimate of drug-likeness (QED) is 0.729. The number of nitriles is 1. The molecule has 0 aliphatic carbocycles. The van der Waals surface area contributed by atoms with E-state index in [1.807, 2.05) is 4.90 Å². The highest BCUT2D eigenvalue weighted by molar-refractivity contribution is 5.76. The van der Waals surface area contributed by atoms with E-state index in [-0.39, 0.29) is 11.9 Å². The molecule has 3 saturated heterocycles. The number of amides is 2. The molecule has 3 aliphatic heterocycles. The molecule has 5 heteroatoms. The van der Waals surface area contributed by atoms with Crippen molar-refractivity contribution in [2.24, 2.45) is 5.92 Å². The molecule has 0 aromatic carbocycles. The summed E-state index contributed by atoms with van der Waals surface area (Å²) in [7, 11) is 0. The second-order valence-electron chi connectivity index (χ2n) is 6.32. The van der Waals surface area contributed by atoms with Gasteiger partial charge in [-0.25, -0.2) is 4.79 Å². The third-order valence-corrected chi connectivity index (χ3v) is 5.17. The number of urea groups is 1. The van der Waals surface area contributed by atoms with Gasteiger partial charge < -0.3 is 9.80 Å². The number of carbonyl (C=O) groups is 1. The summed E-state index contributed by atoms with van der Waals surface area (Å²) in [6.45, 7) is 6.86. The number of likely N-dealkylation sites (tertiary alicyclic amines) is 2. The molecule has 2 atom stereocenters. The Balaban J connectivity index is 1.63. The van der Waals surface area contributed by atoms with Crippen LogP contribution in [0.2, 0.25) is 0 Å². The molecule has 20 heavy (non-hydrogen) atoms. The molecule has 3 heterocycles. The lowest BCUT2D eigenvalue weighted by Gasteiger charge is -2.43. The van der Waals surface area contributed by atoms with E-state index in [9.17, 15) is 4.79 Å². The zero-order valence-electron chi connectivity index (χ0n) is 12.3. The van der Waals surface area contributed by atoms with Crippen molar-refractivity contribution in [3.63, 3.8) is 0 Å². The Morgan fingerprint density at radius 1 is 1.15 bits per heavy atom. The second-order valence-corrected chi connectivity index (χ2v) is 6.32. The molecule has 3 fully saturated rings. The maximum Gasteiger partial charge on any atom is 0.320 e. The minimum absolute atomic E-state index is 0.146. The number of fused-ring (bicyclic) bond motifs is 2. The van der Waals surface area contributed by atoms with Crippen LogP contribution in [0.4, 0.5) is 4.79 Å². The SMILES string of the molecule is CCN1CC2CCC(C1)N2C(=O)N1CCC(C#N)CC1. The van der Waals surface area contributed by atoms with Gasteiger partial charge in [0.25, 0.3) is 0 Å². The lowest BCUT2D eigenvalue weighted by Crippen LogP contribution is -2.59. The molecule has 5 nitrogen and oxygen atoms in total. The van der Waals surface area contributed by atoms with Gasteiger partial charge in [-0.1, -0.05) is 6.92 Å². The van der Waals surface area contributed by atoms with E-state index in [1.54, 1.807) is 0 Å². The van der Waals surface area contributed by atoms with Gasteiger partial charge >= 0.3 is 6.03 Å². The number of likely N-dealkylation sites (N-methyl/N-ethyl adjacent to an activating group) is 1. The first kappa shape index (κ1) is 13.7. The van der Waals surface area contributed by atoms with Crippen molar-refractivity contribution in [1.29, 1.82) is 5.26 Å². The van der Waals surface area contributed by atoms with Gasteiger partial charge in [-0.15, -0.1) is 0 Å². The van der Waals surface area contributed by atoms with E-state index in [1.165, 1.54) is 0 Å². The number of nitrogens with zero attached hydrogens (tertiary/aromatic N) is 4. The van der Waals surface area contributed by atoms with Gasteiger partial charge in [-0.2, -0.15) is 5.26 Å². The molecule has 3 rings (SSSR count). The van der Waals surface area contributed by atoms with Gasteiger partial charge in [0.05, 0.1) is 6.07 Å². The van der Waals surface area contributed by atoms with Gasteiger partial charge in [0, 0.05) is 44.2 Å². The number of piperidine rings is 1. The summed E-state index contributed by atoms with van der Waals surface area (Å²) in [6.07, 6.45) is 3.99. The third-order valence-electron chi connectivity index (χ3n) is 5.17. The Labute approximate surface area is 121 Å². The van der Waals surface area contributed by atoms with Crippen molar-refractivity contribution < 1.29 is 4.79 Å². The Morgan fingerprint density at radius 2 is 1.75 bits per heavy atom. The van der Waals surface area contributed by atoms with Gasteiger partial charge in [-0.3, -0.25) is 4.90 Å². The Morgan fingerprint density at radius 3 is 2.25 bits per heavy atom. The standard InChI is InChI=1S/C15H24N4O/c1-2-17-10-13-3-4-14(11-17)19(13)15(20)18-7-5-12(9-16)6-8-18/h12-14H,2-8,10-11H2,1H3. The fourth-order valence-electron chi connectivity index (χ4n) is 3.92. The minimum atomic E-state index is 0.146. The molecule has 0 aromatic heterocycles. The molecule has 2 unspecified atom stereocenters. The van der Waals surface area contributed by atoms with Crippen LogP contribution in [0.1, 0.15) is 32.6 Å². The van der Waals surface area contributed by atoms with E-state index in [0.717, 1.165) is 58.4 Å². The van der Waals surface area contributed by atoms with Crippen LogP contribution in [0.15, 0.2) is 0 Å². The average Bonchev–Trinajstić information content (AvgIpc) is 2.76. The molecule has 0 saturated carbocycles. The van der Waals surface area contributed by atoms with Crippen molar-refractivity contribution in [1.82, 2.24) is 14.7 Å². The molecule has 0 aromatic rings. The monoisotopic (exact) mass is 276 g/mol. The molecule has 3 aliphatic rings. The number of carbonyl (C=O) groups excluding carboxylic acids is 1. The fraction of sp³-hybridized carbons (Fsp3) is 0.867. The molecular weight excluding hydrogens is 252 g/mol. The Hall–Kier alpha value is -1.28. The number of rotatable bonds is 1. The maximum atomic E-state index is 12.8. The molecular formula is C15H24N4O. The van der Waals surface area contributed by atoms with Crippen molar-refractivity contribution in [3.8, 4) is 6.07 Å². The summed E-state index contributed by atoms with van der Waals surface area (Å²) >= 11 is 0. The van der Waals surface area contributed by atoms with Crippen LogP contribution in [0.5, 0.6) is 0 Å². The Kier molecular flexibility index (Phi) is 3.84. The third kappa shape index (κ3) is 2.37. The van der Waals surface area contributed by atoms with Crippen LogP contribution in [0.25, 0.3) is 0 Å². The lowest BCUT2D eigenvalue weighted by molar-refractivity contribution is 0.0661. The van der Waals surface area contributed by atoms with Crippen LogP contribution in [-0.4, -0.2) is 65.5 Å². The van der Waals surface area contributed by atoms with Gasteiger partial charge in [-0.05, 0) is 32.2 Å². The number of hydrogen-bond acceptors (Lipinski definition) is 3. The first-order chi connectivity index (χ1) is 9.72. The zero-order chi connectivity index (χ0) is 14.1. The second kappa shape index (κ2) is 5.61. The summed E-state index contributed by atoms with van der Waals surface area (Å²) in [5, 5.41) is 8.95. The zero-order valence-corrected chi connectivity index (χ0v) is 12.3. The predicted molar refractivity (Wildman–Crippen MR) is 76.1 cm³/mol. The first-order valence-electron chi connectivity index (χ1n) is 7.92. The number of hydrogen-bond donors (Lipinski definition) is 0. The fourth-order valence-corrected chi connectivity index (χ4v) is 3.92. The predicted octanol–water partition coefficient (Wildman–Crippen LogP) is 1.51. The summed E-state index contributed by atoms with van der Waals surface area (Å²) in [5.74, 6) is 0.146. The van der Waals surface area contributed by atoms with Gasteiger partial charge in [0.2, 0.25) is 0 Å². The minimum Gasteiger partial charge on any atom is -0.325 e. The summed E-state index contributed by atoms with van der Waals surface area (Å²) in [6, 6.07) is 3.38. The van der Waals surface area contributed by atoms with E-state index < -0.39 is 0 Å². The van der Waals surface area contributed by atoms with Crippen LogP contribution in [-0.2, 0) is 0 Å². The van der Waals surface area contributed by atoms with Crippen molar-refractivity contribution in [2.75, 3.05) is 32.7 Å². The normalized spacial score (nSPS) is 31.4. The highest BCUT2D eigenvalue weighted by atomic mass is 16.2. The van der Waals surface area contributed by atoms with E-state index in [4.69, 9.17) is 5.26 Å². The maximum absolute atomic E-state index is 12.8. The molecule has 0 spiro atoms.